The first kappa shape index (κ1) is 14.4. The van der Waals surface area contributed by atoms with Crippen LogP contribution < -0.4 is 5.32 Å². The van der Waals surface area contributed by atoms with Crippen LogP contribution in [0.15, 0.2) is 4.99 Å². The molecular formula is C12H23N3OS. The standard InChI is InChI=1S/C12H23N3OS/c1-6-15(7-2)10(16)9(3)13-11-14-12(4,5)8-17-11/h9H,6-8H2,1-5H3,(H,13,14). The molecule has 0 spiro atoms. The summed E-state index contributed by atoms with van der Waals surface area (Å²) in [6.45, 7) is 11.6. The average Bonchev–Trinajstić information content (AvgIpc) is 2.59. The highest BCUT2D eigenvalue weighted by atomic mass is 32.2. The monoisotopic (exact) mass is 257 g/mol. The van der Waals surface area contributed by atoms with Crippen LogP contribution in [0, 0.1) is 0 Å². The summed E-state index contributed by atoms with van der Waals surface area (Å²) >= 11 is 1.69. The summed E-state index contributed by atoms with van der Waals surface area (Å²) in [5.41, 5.74) is 0.0848. The van der Waals surface area contributed by atoms with E-state index in [1.807, 2.05) is 25.7 Å². The topological polar surface area (TPSA) is 44.7 Å². The van der Waals surface area contributed by atoms with Crippen molar-refractivity contribution < 1.29 is 4.79 Å². The predicted octanol–water partition coefficient (Wildman–Crippen LogP) is 1.71. The number of amides is 1. The van der Waals surface area contributed by atoms with E-state index in [-0.39, 0.29) is 17.5 Å². The van der Waals surface area contributed by atoms with E-state index in [4.69, 9.17) is 0 Å². The van der Waals surface area contributed by atoms with Gasteiger partial charge in [0.25, 0.3) is 0 Å². The number of aliphatic imine (C=N–C) groups is 1. The molecule has 0 aromatic heterocycles. The Labute approximate surface area is 108 Å². The molecule has 1 rings (SSSR count). The summed E-state index contributed by atoms with van der Waals surface area (Å²) in [5, 5.41) is 4.22. The smallest absolute Gasteiger partial charge is 0.247 e. The first-order chi connectivity index (χ1) is 7.89. The largest absolute Gasteiger partial charge is 0.359 e. The third kappa shape index (κ3) is 3.91. The summed E-state index contributed by atoms with van der Waals surface area (Å²) in [5.74, 6) is 1.10. The highest BCUT2D eigenvalue weighted by Gasteiger charge is 2.28. The highest BCUT2D eigenvalue weighted by molar-refractivity contribution is 8.14. The molecule has 5 heteroatoms. The minimum absolute atomic E-state index is 0.0848. The summed E-state index contributed by atoms with van der Waals surface area (Å²) in [6, 6.07) is -0.293. The number of rotatable bonds is 4. The van der Waals surface area contributed by atoms with Crippen molar-refractivity contribution in [2.45, 2.75) is 46.2 Å². The molecule has 1 atom stereocenters. The molecule has 1 saturated heterocycles. The quantitative estimate of drug-likeness (QED) is 0.834. The molecule has 4 nitrogen and oxygen atoms in total. The summed E-state index contributed by atoms with van der Waals surface area (Å²) < 4.78 is 0. The SMILES string of the molecule is CCN(CC)C(=O)C(C)N=C1NC(C)(C)CS1. The number of hydrogen-bond donors (Lipinski definition) is 1. The van der Waals surface area contributed by atoms with Crippen LogP contribution in [0.2, 0.25) is 0 Å². The zero-order valence-corrected chi connectivity index (χ0v) is 12.2. The van der Waals surface area contributed by atoms with Gasteiger partial charge in [-0.15, -0.1) is 0 Å². The van der Waals surface area contributed by atoms with Gasteiger partial charge in [0, 0.05) is 24.4 Å². The first-order valence-electron chi connectivity index (χ1n) is 6.17. The van der Waals surface area contributed by atoms with Crippen LogP contribution >= 0.6 is 11.8 Å². The molecule has 0 aromatic carbocycles. The summed E-state index contributed by atoms with van der Waals surface area (Å²) in [7, 11) is 0. The maximum atomic E-state index is 12.0. The van der Waals surface area contributed by atoms with Crippen molar-refractivity contribution in [1.29, 1.82) is 0 Å². The third-order valence-electron chi connectivity index (χ3n) is 2.76. The van der Waals surface area contributed by atoms with Gasteiger partial charge in [0.1, 0.15) is 6.04 Å². The lowest BCUT2D eigenvalue weighted by atomic mass is 10.1. The van der Waals surface area contributed by atoms with E-state index >= 15 is 0 Å². The predicted molar refractivity (Wildman–Crippen MR) is 74.5 cm³/mol. The van der Waals surface area contributed by atoms with E-state index in [0.717, 1.165) is 24.0 Å². The second kappa shape index (κ2) is 5.76. The number of thioether (sulfide) groups is 1. The lowest BCUT2D eigenvalue weighted by Crippen LogP contribution is -2.39. The van der Waals surface area contributed by atoms with Crippen LogP contribution in [0.5, 0.6) is 0 Å². The molecule has 1 aliphatic rings. The Kier molecular flexibility index (Phi) is 4.86. The third-order valence-corrected chi connectivity index (χ3v) is 4.11. The van der Waals surface area contributed by atoms with E-state index in [2.05, 4.69) is 24.2 Å². The molecule has 17 heavy (non-hydrogen) atoms. The van der Waals surface area contributed by atoms with Gasteiger partial charge in [-0.1, -0.05) is 11.8 Å². The maximum Gasteiger partial charge on any atom is 0.247 e. The zero-order chi connectivity index (χ0) is 13.1. The second-order valence-corrected chi connectivity index (χ2v) is 5.88. The van der Waals surface area contributed by atoms with Crippen LogP contribution in [0.25, 0.3) is 0 Å². The minimum Gasteiger partial charge on any atom is -0.359 e. The zero-order valence-electron chi connectivity index (χ0n) is 11.4. The Balaban J connectivity index is 2.63. The van der Waals surface area contributed by atoms with Crippen molar-refractivity contribution in [3.05, 3.63) is 0 Å². The first-order valence-corrected chi connectivity index (χ1v) is 7.15. The molecule has 1 unspecified atom stereocenters. The second-order valence-electron chi connectivity index (χ2n) is 4.92. The van der Waals surface area contributed by atoms with E-state index in [1.165, 1.54) is 0 Å². The maximum absolute atomic E-state index is 12.0. The Bertz CT molecular complexity index is 311. The van der Waals surface area contributed by atoms with Crippen LogP contribution in [0.3, 0.4) is 0 Å². The summed E-state index contributed by atoms with van der Waals surface area (Å²) in [4.78, 5) is 18.3. The fraction of sp³-hybridized carbons (Fsp3) is 0.833. The molecule has 1 amide bonds. The van der Waals surface area contributed by atoms with Crippen molar-refractivity contribution in [3.8, 4) is 0 Å². The fourth-order valence-corrected chi connectivity index (χ4v) is 2.86. The summed E-state index contributed by atoms with van der Waals surface area (Å²) in [6.07, 6.45) is 0. The van der Waals surface area contributed by atoms with E-state index in [9.17, 15) is 4.79 Å². The number of likely N-dealkylation sites (N-methyl/N-ethyl adjacent to an activating group) is 1. The number of nitrogens with one attached hydrogen (secondary N) is 1. The van der Waals surface area contributed by atoms with Gasteiger partial charge in [-0.25, -0.2) is 4.99 Å². The van der Waals surface area contributed by atoms with Crippen LogP contribution in [0.1, 0.15) is 34.6 Å². The number of carbonyl (C=O) groups excluding carboxylic acids is 1. The molecule has 0 radical (unpaired) electrons. The van der Waals surface area contributed by atoms with Gasteiger partial charge in [-0.2, -0.15) is 0 Å². The van der Waals surface area contributed by atoms with Gasteiger partial charge in [0.05, 0.1) is 0 Å². The van der Waals surface area contributed by atoms with E-state index in [1.54, 1.807) is 11.8 Å². The molecule has 1 N–H and O–H groups in total. The van der Waals surface area contributed by atoms with Gasteiger partial charge in [-0.3, -0.25) is 4.79 Å². The van der Waals surface area contributed by atoms with E-state index in [0.29, 0.717) is 0 Å². The van der Waals surface area contributed by atoms with Crippen LogP contribution in [-0.4, -0.2) is 46.4 Å². The Morgan fingerprint density at radius 1 is 1.53 bits per heavy atom. The van der Waals surface area contributed by atoms with Crippen LogP contribution in [0.4, 0.5) is 0 Å². The number of carbonyl (C=O) groups is 1. The molecule has 1 aliphatic heterocycles. The normalized spacial score (nSPS) is 22.3. The molecule has 0 saturated carbocycles. The number of amidine groups is 1. The minimum atomic E-state index is -0.293. The van der Waals surface area contributed by atoms with Crippen molar-refractivity contribution in [1.82, 2.24) is 10.2 Å². The van der Waals surface area contributed by atoms with Gasteiger partial charge in [0.2, 0.25) is 5.91 Å². The fourth-order valence-electron chi connectivity index (χ4n) is 1.71. The Morgan fingerprint density at radius 3 is 2.53 bits per heavy atom. The average molecular weight is 257 g/mol. The van der Waals surface area contributed by atoms with Crippen molar-refractivity contribution in [2.75, 3.05) is 18.8 Å². The van der Waals surface area contributed by atoms with Crippen molar-refractivity contribution >= 4 is 22.8 Å². The number of hydrogen-bond acceptors (Lipinski definition) is 3. The lowest BCUT2D eigenvalue weighted by Gasteiger charge is -2.21. The number of nitrogens with zero attached hydrogens (tertiary/aromatic N) is 2. The van der Waals surface area contributed by atoms with E-state index < -0.39 is 0 Å². The highest BCUT2D eigenvalue weighted by Crippen LogP contribution is 2.22. The lowest BCUT2D eigenvalue weighted by molar-refractivity contribution is -0.131. The van der Waals surface area contributed by atoms with Crippen molar-refractivity contribution in [3.63, 3.8) is 0 Å². The molecule has 0 aliphatic carbocycles. The molecule has 98 valence electrons. The van der Waals surface area contributed by atoms with Gasteiger partial charge >= 0.3 is 0 Å². The van der Waals surface area contributed by atoms with Crippen LogP contribution in [-0.2, 0) is 4.79 Å². The molecule has 0 bridgehead atoms. The molecule has 1 fully saturated rings. The van der Waals surface area contributed by atoms with Gasteiger partial charge < -0.3 is 10.2 Å². The molecule has 0 aromatic rings. The molecule has 1 heterocycles. The Morgan fingerprint density at radius 2 is 2.12 bits per heavy atom. The Hall–Kier alpha value is -0.710. The van der Waals surface area contributed by atoms with Gasteiger partial charge in [-0.05, 0) is 34.6 Å². The molecular weight excluding hydrogens is 234 g/mol. The van der Waals surface area contributed by atoms with Gasteiger partial charge in [0.15, 0.2) is 5.17 Å². The van der Waals surface area contributed by atoms with Crippen molar-refractivity contribution in [2.24, 2.45) is 4.99 Å².